The summed E-state index contributed by atoms with van der Waals surface area (Å²) < 4.78 is 51.3. The molecule has 1 heterocycles. The van der Waals surface area contributed by atoms with E-state index in [2.05, 4.69) is 5.32 Å². The van der Waals surface area contributed by atoms with E-state index < -0.39 is 21.7 Å². The molecule has 0 aliphatic carbocycles. The van der Waals surface area contributed by atoms with Crippen LogP contribution in [0.2, 0.25) is 0 Å². The van der Waals surface area contributed by atoms with Crippen LogP contribution in [0, 0.1) is 5.82 Å². The first-order chi connectivity index (χ1) is 13.7. The Morgan fingerprint density at radius 3 is 2.31 bits per heavy atom. The van der Waals surface area contributed by atoms with Gasteiger partial charge >= 0.3 is 0 Å². The summed E-state index contributed by atoms with van der Waals surface area (Å²) in [4.78, 5) is 12.4. The van der Waals surface area contributed by atoms with E-state index in [-0.39, 0.29) is 41.5 Å². The van der Waals surface area contributed by atoms with Crippen molar-refractivity contribution in [2.45, 2.75) is 31.0 Å². The SMILES string of the molecule is COc1ccc(C(=O)Nc2ccc(S(=O)(=O)N3C[C@@H](C)O[C@H](C)C3)cc2)cc1F. The molecule has 0 unspecified atom stereocenters. The standard InChI is InChI=1S/C20H23FN2O5S/c1-13-11-23(12-14(2)28-13)29(25,26)17-7-5-16(6-8-17)22-20(24)15-4-9-19(27-3)18(21)10-15/h4-10,13-14H,11-12H2,1-3H3,(H,22,24)/t13-,14-/m1/s1. The molecule has 0 saturated carbocycles. The number of rotatable bonds is 5. The summed E-state index contributed by atoms with van der Waals surface area (Å²) in [6.45, 7) is 4.24. The highest BCUT2D eigenvalue weighted by atomic mass is 32.2. The maximum Gasteiger partial charge on any atom is 0.255 e. The number of nitrogens with zero attached hydrogens (tertiary/aromatic N) is 1. The van der Waals surface area contributed by atoms with Crippen LogP contribution in [0.25, 0.3) is 0 Å². The molecule has 2 atom stereocenters. The third-order valence-corrected chi connectivity index (χ3v) is 6.40. The zero-order valence-electron chi connectivity index (χ0n) is 16.4. The molecule has 7 nitrogen and oxygen atoms in total. The van der Waals surface area contributed by atoms with Gasteiger partial charge in [0.25, 0.3) is 5.91 Å². The molecule has 0 radical (unpaired) electrons. The van der Waals surface area contributed by atoms with Crippen LogP contribution >= 0.6 is 0 Å². The second kappa shape index (κ2) is 8.48. The molecule has 1 amide bonds. The van der Waals surface area contributed by atoms with E-state index in [9.17, 15) is 17.6 Å². The fraction of sp³-hybridized carbons (Fsp3) is 0.350. The molecule has 2 aromatic carbocycles. The number of hydrogen-bond donors (Lipinski definition) is 1. The van der Waals surface area contributed by atoms with Gasteiger partial charge in [-0.05, 0) is 56.3 Å². The number of halogens is 1. The Balaban J connectivity index is 1.73. The lowest BCUT2D eigenvalue weighted by molar-refractivity contribution is -0.0440. The van der Waals surface area contributed by atoms with Crippen LogP contribution in [0.3, 0.4) is 0 Å². The van der Waals surface area contributed by atoms with Gasteiger partial charge in [0, 0.05) is 24.3 Å². The Labute approximate surface area is 169 Å². The number of carbonyl (C=O) groups excluding carboxylic acids is 1. The summed E-state index contributed by atoms with van der Waals surface area (Å²) in [5.41, 5.74) is 0.519. The lowest BCUT2D eigenvalue weighted by atomic mass is 10.2. The summed E-state index contributed by atoms with van der Waals surface area (Å²) in [6, 6.07) is 9.75. The molecule has 0 spiro atoms. The number of carbonyl (C=O) groups is 1. The van der Waals surface area contributed by atoms with Gasteiger partial charge in [0.05, 0.1) is 24.2 Å². The Hall–Kier alpha value is -2.49. The molecule has 0 bridgehead atoms. The van der Waals surface area contributed by atoms with Crippen LogP contribution in [-0.4, -0.2) is 51.0 Å². The molecule has 156 valence electrons. The van der Waals surface area contributed by atoms with Crippen molar-refractivity contribution >= 4 is 21.6 Å². The fourth-order valence-corrected chi connectivity index (χ4v) is 4.79. The lowest BCUT2D eigenvalue weighted by Gasteiger charge is -2.34. The van der Waals surface area contributed by atoms with Crippen molar-refractivity contribution < 1.29 is 27.1 Å². The smallest absolute Gasteiger partial charge is 0.255 e. The van der Waals surface area contributed by atoms with Crippen molar-refractivity contribution in [3.63, 3.8) is 0 Å². The minimum Gasteiger partial charge on any atom is -0.494 e. The van der Waals surface area contributed by atoms with Gasteiger partial charge in [-0.2, -0.15) is 4.31 Å². The zero-order valence-corrected chi connectivity index (χ0v) is 17.2. The highest BCUT2D eigenvalue weighted by molar-refractivity contribution is 7.89. The number of morpholine rings is 1. The van der Waals surface area contributed by atoms with Gasteiger partial charge in [0.1, 0.15) is 0 Å². The van der Waals surface area contributed by atoms with Crippen molar-refractivity contribution in [3.8, 4) is 5.75 Å². The Morgan fingerprint density at radius 2 is 1.76 bits per heavy atom. The van der Waals surface area contributed by atoms with Gasteiger partial charge in [-0.3, -0.25) is 4.79 Å². The molecule has 1 fully saturated rings. The van der Waals surface area contributed by atoms with E-state index in [0.29, 0.717) is 5.69 Å². The average Bonchev–Trinajstić information content (AvgIpc) is 2.67. The topological polar surface area (TPSA) is 84.9 Å². The molecule has 9 heteroatoms. The van der Waals surface area contributed by atoms with Gasteiger partial charge < -0.3 is 14.8 Å². The third-order valence-electron chi connectivity index (χ3n) is 4.55. The summed E-state index contributed by atoms with van der Waals surface area (Å²) in [6.07, 6.45) is -0.367. The number of sulfonamides is 1. The number of amides is 1. The second-order valence-electron chi connectivity index (χ2n) is 6.91. The molecular formula is C20H23FN2O5S. The number of anilines is 1. The second-order valence-corrected chi connectivity index (χ2v) is 8.85. The molecule has 1 aliphatic rings. The first kappa shape index (κ1) is 21.2. The fourth-order valence-electron chi connectivity index (χ4n) is 3.20. The minimum absolute atomic E-state index is 0.0443. The normalized spacial score (nSPS) is 20.3. The van der Waals surface area contributed by atoms with E-state index in [0.717, 1.165) is 6.07 Å². The van der Waals surface area contributed by atoms with E-state index in [4.69, 9.17) is 9.47 Å². The van der Waals surface area contributed by atoms with Crippen LogP contribution in [0.15, 0.2) is 47.4 Å². The van der Waals surface area contributed by atoms with Crippen molar-refractivity contribution in [3.05, 3.63) is 53.8 Å². The number of nitrogens with one attached hydrogen (secondary N) is 1. The van der Waals surface area contributed by atoms with E-state index in [1.165, 1.54) is 47.8 Å². The Kier molecular flexibility index (Phi) is 6.21. The lowest BCUT2D eigenvalue weighted by Crippen LogP contribution is -2.48. The van der Waals surface area contributed by atoms with E-state index in [1.807, 2.05) is 13.8 Å². The summed E-state index contributed by atoms with van der Waals surface area (Å²) in [5.74, 6) is -1.11. The van der Waals surface area contributed by atoms with Gasteiger partial charge in [0.15, 0.2) is 11.6 Å². The van der Waals surface area contributed by atoms with Gasteiger partial charge in [-0.1, -0.05) is 0 Å². The van der Waals surface area contributed by atoms with Crippen molar-refractivity contribution in [1.82, 2.24) is 4.31 Å². The predicted molar refractivity (Wildman–Crippen MR) is 106 cm³/mol. The van der Waals surface area contributed by atoms with Crippen LogP contribution < -0.4 is 10.1 Å². The summed E-state index contributed by atoms with van der Waals surface area (Å²) in [5, 5.41) is 2.62. The molecule has 1 aliphatic heterocycles. The molecule has 1 saturated heterocycles. The van der Waals surface area contributed by atoms with Crippen LogP contribution in [0.5, 0.6) is 5.75 Å². The number of ether oxygens (including phenoxy) is 2. The molecule has 29 heavy (non-hydrogen) atoms. The van der Waals surface area contributed by atoms with E-state index >= 15 is 0 Å². The molecule has 3 rings (SSSR count). The number of hydrogen-bond acceptors (Lipinski definition) is 5. The minimum atomic E-state index is -3.66. The predicted octanol–water partition coefficient (Wildman–Crippen LogP) is 2.88. The van der Waals surface area contributed by atoms with Gasteiger partial charge in [0.2, 0.25) is 10.0 Å². The van der Waals surface area contributed by atoms with Crippen LogP contribution in [-0.2, 0) is 14.8 Å². The quantitative estimate of drug-likeness (QED) is 0.801. The van der Waals surface area contributed by atoms with Crippen molar-refractivity contribution in [2.75, 3.05) is 25.5 Å². The maximum atomic E-state index is 13.8. The Morgan fingerprint density at radius 1 is 1.14 bits per heavy atom. The average molecular weight is 422 g/mol. The largest absolute Gasteiger partial charge is 0.494 e. The van der Waals surface area contributed by atoms with Gasteiger partial charge in [-0.25, -0.2) is 12.8 Å². The van der Waals surface area contributed by atoms with Gasteiger partial charge in [-0.15, -0.1) is 0 Å². The first-order valence-corrected chi connectivity index (χ1v) is 10.6. The molecule has 1 N–H and O–H groups in total. The molecule has 0 aromatic heterocycles. The highest BCUT2D eigenvalue weighted by Gasteiger charge is 2.32. The number of methoxy groups -OCH3 is 1. The zero-order chi connectivity index (χ0) is 21.2. The van der Waals surface area contributed by atoms with Crippen molar-refractivity contribution in [1.29, 1.82) is 0 Å². The molecule has 2 aromatic rings. The van der Waals surface area contributed by atoms with Crippen LogP contribution in [0.1, 0.15) is 24.2 Å². The number of benzene rings is 2. The Bertz CT molecular complexity index is 984. The maximum absolute atomic E-state index is 13.8. The third kappa shape index (κ3) is 4.75. The first-order valence-electron chi connectivity index (χ1n) is 9.11. The summed E-state index contributed by atoms with van der Waals surface area (Å²) in [7, 11) is -2.32. The van der Waals surface area contributed by atoms with Crippen LogP contribution in [0.4, 0.5) is 10.1 Å². The monoisotopic (exact) mass is 422 g/mol. The van der Waals surface area contributed by atoms with E-state index in [1.54, 1.807) is 0 Å². The summed E-state index contributed by atoms with van der Waals surface area (Å²) >= 11 is 0. The van der Waals surface area contributed by atoms with Crippen molar-refractivity contribution in [2.24, 2.45) is 0 Å². The highest BCUT2D eigenvalue weighted by Crippen LogP contribution is 2.23. The molecular weight excluding hydrogens is 399 g/mol.